The molecule has 0 aromatic heterocycles. The molecule has 2 aromatic rings. The van der Waals surface area contributed by atoms with Gasteiger partial charge < -0.3 is 4.74 Å². The van der Waals surface area contributed by atoms with Crippen molar-refractivity contribution in [3.63, 3.8) is 0 Å². The number of halogens is 2. The van der Waals surface area contributed by atoms with Crippen LogP contribution in [-0.4, -0.2) is 6.61 Å². The molecule has 1 atom stereocenters. The van der Waals surface area contributed by atoms with Crippen LogP contribution in [0, 0.1) is 0 Å². The molecule has 0 amide bonds. The highest BCUT2D eigenvalue weighted by atomic mass is 35.5. The van der Waals surface area contributed by atoms with Crippen LogP contribution in [0.5, 0.6) is 5.75 Å². The molecule has 2 aromatic carbocycles. The average molecular weight is 325 g/mol. The summed E-state index contributed by atoms with van der Waals surface area (Å²) < 4.78 is 5.79. The number of hydrogen-bond donors (Lipinski definition) is 2. The van der Waals surface area contributed by atoms with E-state index in [1.165, 1.54) is 0 Å². The highest BCUT2D eigenvalue weighted by Gasteiger charge is 2.19. The van der Waals surface area contributed by atoms with Gasteiger partial charge in [0.15, 0.2) is 0 Å². The summed E-state index contributed by atoms with van der Waals surface area (Å²) in [5.41, 5.74) is 4.54. The zero-order valence-corrected chi connectivity index (χ0v) is 13.3. The maximum atomic E-state index is 6.28. The minimum atomic E-state index is -0.288. The molecule has 2 rings (SSSR count). The quantitative estimate of drug-likeness (QED) is 0.614. The minimum Gasteiger partial charge on any atom is -0.493 e. The van der Waals surface area contributed by atoms with Crippen LogP contribution in [0.4, 0.5) is 0 Å². The molecule has 0 bridgehead atoms. The molecule has 0 saturated carbocycles. The first-order valence-electron chi connectivity index (χ1n) is 6.80. The van der Waals surface area contributed by atoms with Crippen molar-refractivity contribution < 1.29 is 4.74 Å². The summed E-state index contributed by atoms with van der Waals surface area (Å²) in [6.07, 6.45) is 0.937. The predicted molar refractivity (Wildman–Crippen MR) is 87.9 cm³/mol. The van der Waals surface area contributed by atoms with E-state index in [2.05, 4.69) is 12.3 Å². The third kappa shape index (κ3) is 3.89. The van der Waals surface area contributed by atoms with Gasteiger partial charge in [0.05, 0.1) is 12.6 Å². The summed E-state index contributed by atoms with van der Waals surface area (Å²) in [5.74, 6) is 6.54. The van der Waals surface area contributed by atoms with Crippen LogP contribution in [0.3, 0.4) is 0 Å². The van der Waals surface area contributed by atoms with Crippen molar-refractivity contribution >= 4 is 23.2 Å². The summed E-state index contributed by atoms with van der Waals surface area (Å²) in [5, 5.41) is 1.22. The van der Waals surface area contributed by atoms with E-state index in [1.807, 2.05) is 30.3 Å². The third-order valence-corrected chi connectivity index (χ3v) is 3.71. The van der Waals surface area contributed by atoms with E-state index >= 15 is 0 Å². The molecule has 0 aliphatic rings. The standard InChI is InChI=1S/C16H18Cl2N2O/c1-2-9-21-15-6-4-3-5-12(15)16(20-19)13-10-11(17)7-8-14(13)18/h3-8,10,16,20H,2,9,19H2,1H3. The number of hydrogen-bond acceptors (Lipinski definition) is 3. The number of para-hydroxylation sites is 1. The molecule has 112 valence electrons. The lowest BCUT2D eigenvalue weighted by Crippen LogP contribution is -2.29. The molecule has 3 N–H and O–H groups in total. The fourth-order valence-corrected chi connectivity index (χ4v) is 2.55. The van der Waals surface area contributed by atoms with E-state index in [-0.39, 0.29) is 6.04 Å². The Bertz CT molecular complexity index is 605. The van der Waals surface area contributed by atoms with E-state index in [1.54, 1.807) is 12.1 Å². The van der Waals surface area contributed by atoms with Gasteiger partial charge in [-0.25, -0.2) is 5.43 Å². The largest absolute Gasteiger partial charge is 0.493 e. The fourth-order valence-electron chi connectivity index (χ4n) is 2.15. The molecule has 0 aliphatic carbocycles. The molecule has 0 aliphatic heterocycles. The zero-order chi connectivity index (χ0) is 15.2. The van der Waals surface area contributed by atoms with Crippen molar-refractivity contribution in [2.75, 3.05) is 6.61 Å². The third-order valence-electron chi connectivity index (χ3n) is 3.13. The van der Waals surface area contributed by atoms with Crippen LogP contribution in [0.1, 0.15) is 30.5 Å². The number of hydrazine groups is 1. The number of nitrogens with one attached hydrogen (secondary N) is 1. The lowest BCUT2D eigenvalue weighted by atomic mass is 9.98. The maximum absolute atomic E-state index is 6.28. The van der Waals surface area contributed by atoms with Crippen LogP contribution < -0.4 is 16.0 Å². The molecule has 0 saturated heterocycles. The molecule has 1 unspecified atom stereocenters. The zero-order valence-electron chi connectivity index (χ0n) is 11.8. The number of rotatable bonds is 6. The highest BCUT2D eigenvalue weighted by molar-refractivity contribution is 6.33. The second-order valence-corrected chi connectivity index (χ2v) is 5.50. The van der Waals surface area contributed by atoms with Gasteiger partial charge in [0.25, 0.3) is 0 Å². The maximum Gasteiger partial charge on any atom is 0.124 e. The Labute approximate surface area is 135 Å². The molecule has 0 spiro atoms. The highest BCUT2D eigenvalue weighted by Crippen LogP contribution is 2.34. The lowest BCUT2D eigenvalue weighted by molar-refractivity contribution is 0.311. The van der Waals surface area contributed by atoms with E-state index in [4.69, 9.17) is 33.8 Å². The molecule has 0 heterocycles. The number of benzene rings is 2. The van der Waals surface area contributed by atoms with Gasteiger partial charge in [0.2, 0.25) is 0 Å². The van der Waals surface area contributed by atoms with E-state index in [9.17, 15) is 0 Å². The van der Waals surface area contributed by atoms with Crippen LogP contribution in [-0.2, 0) is 0 Å². The minimum absolute atomic E-state index is 0.288. The number of nitrogens with two attached hydrogens (primary N) is 1. The second kappa shape index (κ2) is 7.66. The first kappa shape index (κ1) is 16.1. The van der Waals surface area contributed by atoms with Gasteiger partial charge in [-0.05, 0) is 36.2 Å². The van der Waals surface area contributed by atoms with Crippen molar-refractivity contribution in [3.8, 4) is 5.75 Å². The van der Waals surface area contributed by atoms with Crippen molar-refractivity contribution in [2.24, 2.45) is 5.84 Å². The molecule has 0 radical (unpaired) electrons. The average Bonchev–Trinajstić information content (AvgIpc) is 2.50. The molecular weight excluding hydrogens is 307 g/mol. The Kier molecular flexibility index (Phi) is 5.88. The summed E-state index contributed by atoms with van der Waals surface area (Å²) in [6.45, 7) is 2.71. The smallest absolute Gasteiger partial charge is 0.124 e. The Hall–Kier alpha value is -1.26. The molecule has 0 fully saturated rings. The predicted octanol–water partition coefficient (Wildman–Crippen LogP) is 4.33. The van der Waals surface area contributed by atoms with E-state index in [0.29, 0.717) is 16.7 Å². The molecule has 3 nitrogen and oxygen atoms in total. The second-order valence-electron chi connectivity index (χ2n) is 4.65. The van der Waals surface area contributed by atoms with Crippen molar-refractivity contribution in [3.05, 3.63) is 63.6 Å². The monoisotopic (exact) mass is 324 g/mol. The van der Waals surface area contributed by atoms with Gasteiger partial charge in [-0.1, -0.05) is 48.3 Å². The van der Waals surface area contributed by atoms with Crippen molar-refractivity contribution in [1.29, 1.82) is 0 Å². The van der Waals surface area contributed by atoms with Gasteiger partial charge in [-0.3, -0.25) is 5.84 Å². The van der Waals surface area contributed by atoms with Gasteiger partial charge in [0.1, 0.15) is 5.75 Å². The Morgan fingerprint density at radius 1 is 1.14 bits per heavy atom. The first-order valence-corrected chi connectivity index (χ1v) is 7.55. The van der Waals surface area contributed by atoms with Gasteiger partial charge >= 0.3 is 0 Å². The normalized spacial score (nSPS) is 12.2. The molecule has 21 heavy (non-hydrogen) atoms. The Morgan fingerprint density at radius 2 is 1.90 bits per heavy atom. The molecule has 5 heteroatoms. The summed E-state index contributed by atoms with van der Waals surface area (Å²) in [7, 11) is 0. The lowest BCUT2D eigenvalue weighted by Gasteiger charge is -2.21. The van der Waals surface area contributed by atoms with Crippen LogP contribution in [0.15, 0.2) is 42.5 Å². The Morgan fingerprint density at radius 3 is 2.62 bits per heavy atom. The van der Waals surface area contributed by atoms with Gasteiger partial charge in [-0.15, -0.1) is 0 Å². The summed E-state index contributed by atoms with van der Waals surface area (Å²) in [4.78, 5) is 0. The van der Waals surface area contributed by atoms with Crippen LogP contribution in [0.2, 0.25) is 10.0 Å². The Balaban J connectivity index is 2.44. The van der Waals surface area contributed by atoms with Gasteiger partial charge in [-0.2, -0.15) is 0 Å². The number of ether oxygens (including phenoxy) is 1. The van der Waals surface area contributed by atoms with Crippen LogP contribution >= 0.6 is 23.2 Å². The first-order chi connectivity index (χ1) is 10.2. The summed E-state index contributed by atoms with van der Waals surface area (Å²) >= 11 is 12.4. The SMILES string of the molecule is CCCOc1ccccc1C(NN)c1cc(Cl)ccc1Cl. The molecular formula is C16H18Cl2N2O. The van der Waals surface area contributed by atoms with Crippen LogP contribution in [0.25, 0.3) is 0 Å². The topological polar surface area (TPSA) is 47.3 Å². The van der Waals surface area contributed by atoms with E-state index < -0.39 is 0 Å². The van der Waals surface area contributed by atoms with Gasteiger partial charge in [0, 0.05) is 15.6 Å². The van der Waals surface area contributed by atoms with Crippen molar-refractivity contribution in [2.45, 2.75) is 19.4 Å². The van der Waals surface area contributed by atoms with Crippen molar-refractivity contribution in [1.82, 2.24) is 5.43 Å². The summed E-state index contributed by atoms with van der Waals surface area (Å²) in [6, 6.07) is 12.8. The van der Waals surface area contributed by atoms with E-state index in [0.717, 1.165) is 23.3 Å². The fraction of sp³-hybridized carbons (Fsp3) is 0.250.